The molecule has 0 saturated carbocycles. The zero-order chi connectivity index (χ0) is 8.39. The van der Waals surface area contributed by atoms with Crippen molar-refractivity contribution in [1.82, 2.24) is 5.48 Å². The first-order chi connectivity index (χ1) is 5.86. The first kappa shape index (κ1) is 8.07. The minimum absolute atomic E-state index is 0.0713. The third-order valence-electron chi connectivity index (χ3n) is 1.73. The molecule has 1 heterocycles. The Hall–Kier alpha value is -0.550. The van der Waals surface area contributed by atoms with Crippen molar-refractivity contribution in [3.8, 4) is 0 Å². The maximum absolute atomic E-state index is 5.22. The normalized spacial score (nSPS) is 20.9. The first-order valence-electron chi connectivity index (χ1n) is 3.69. The van der Waals surface area contributed by atoms with Crippen molar-refractivity contribution in [3.05, 3.63) is 45.7 Å². The highest BCUT2D eigenvalue weighted by Crippen LogP contribution is 2.21. The summed E-state index contributed by atoms with van der Waals surface area (Å²) >= 11 is 2.29. The standard InChI is InChI=1S/C9H8INO/c10-8-3-1-7(2-4-8)9-5-6-11-12-9/h1-6,9,11H. The molecule has 0 aliphatic carbocycles. The fourth-order valence-corrected chi connectivity index (χ4v) is 1.47. The van der Waals surface area contributed by atoms with E-state index in [0.29, 0.717) is 0 Å². The molecule has 1 atom stereocenters. The average Bonchev–Trinajstić information content (AvgIpc) is 2.58. The Labute approximate surface area is 84.7 Å². The molecule has 1 aromatic carbocycles. The number of nitrogens with one attached hydrogen (secondary N) is 1. The molecule has 2 rings (SSSR count). The molecule has 1 aromatic rings. The van der Waals surface area contributed by atoms with Crippen LogP contribution in [0, 0.1) is 3.57 Å². The van der Waals surface area contributed by atoms with E-state index in [1.165, 1.54) is 9.13 Å². The van der Waals surface area contributed by atoms with Crippen LogP contribution in [0.2, 0.25) is 0 Å². The lowest BCUT2D eigenvalue weighted by Crippen LogP contribution is -2.03. The second-order valence-electron chi connectivity index (χ2n) is 2.57. The summed E-state index contributed by atoms with van der Waals surface area (Å²) < 4.78 is 1.24. The summed E-state index contributed by atoms with van der Waals surface area (Å²) in [5.41, 5.74) is 3.88. The van der Waals surface area contributed by atoms with E-state index in [1.54, 1.807) is 0 Å². The van der Waals surface area contributed by atoms with Crippen LogP contribution in [0.1, 0.15) is 11.7 Å². The Morgan fingerprint density at radius 1 is 1.25 bits per heavy atom. The molecule has 3 heteroatoms. The van der Waals surface area contributed by atoms with Crippen LogP contribution in [0.5, 0.6) is 0 Å². The van der Waals surface area contributed by atoms with Crippen LogP contribution in [-0.4, -0.2) is 0 Å². The van der Waals surface area contributed by atoms with Crippen LogP contribution in [0.3, 0.4) is 0 Å². The summed E-state index contributed by atoms with van der Waals surface area (Å²) in [4.78, 5) is 5.22. The van der Waals surface area contributed by atoms with Crippen molar-refractivity contribution in [2.75, 3.05) is 0 Å². The topological polar surface area (TPSA) is 21.3 Å². The SMILES string of the molecule is Ic1ccc(C2C=CNO2)cc1. The second-order valence-corrected chi connectivity index (χ2v) is 3.81. The Morgan fingerprint density at radius 2 is 2.00 bits per heavy atom. The molecule has 0 fully saturated rings. The highest BCUT2D eigenvalue weighted by Gasteiger charge is 2.11. The van der Waals surface area contributed by atoms with Gasteiger partial charge in [0.1, 0.15) is 6.10 Å². The second kappa shape index (κ2) is 3.45. The van der Waals surface area contributed by atoms with Crippen LogP contribution >= 0.6 is 22.6 Å². The number of rotatable bonds is 1. The van der Waals surface area contributed by atoms with E-state index in [2.05, 4.69) is 52.3 Å². The lowest BCUT2D eigenvalue weighted by atomic mass is 10.1. The first-order valence-corrected chi connectivity index (χ1v) is 4.77. The van der Waals surface area contributed by atoms with Crippen molar-refractivity contribution in [2.24, 2.45) is 0 Å². The van der Waals surface area contributed by atoms with Crippen molar-refractivity contribution in [1.29, 1.82) is 0 Å². The predicted octanol–water partition coefficient (Wildman–Crippen LogP) is 2.38. The maximum Gasteiger partial charge on any atom is 0.130 e. The van der Waals surface area contributed by atoms with Gasteiger partial charge in [-0.05, 0) is 46.4 Å². The minimum Gasteiger partial charge on any atom is -0.274 e. The van der Waals surface area contributed by atoms with E-state index in [0.717, 1.165) is 0 Å². The van der Waals surface area contributed by atoms with Gasteiger partial charge in [-0.3, -0.25) is 10.3 Å². The Kier molecular flexibility index (Phi) is 2.32. The van der Waals surface area contributed by atoms with Crippen LogP contribution in [-0.2, 0) is 4.84 Å². The van der Waals surface area contributed by atoms with Gasteiger partial charge >= 0.3 is 0 Å². The third kappa shape index (κ3) is 1.61. The van der Waals surface area contributed by atoms with Crippen molar-refractivity contribution < 1.29 is 4.84 Å². The molecule has 1 aliphatic rings. The smallest absolute Gasteiger partial charge is 0.130 e. The van der Waals surface area contributed by atoms with Gasteiger partial charge in [0.25, 0.3) is 0 Å². The molecule has 1 unspecified atom stereocenters. The lowest BCUT2D eigenvalue weighted by Gasteiger charge is -2.06. The monoisotopic (exact) mass is 273 g/mol. The summed E-state index contributed by atoms with van der Waals surface area (Å²) in [7, 11) is 0. The quantitative estimate of drug-likeness (QED) is 0.793. The van der Waals surface area contributed by atoms with Crippen LogP contribution < -0.4 is 5.48 Å². The highest BCUT2D eigenvalue weighted by atomic mass is 127. The van der Waals surface area contributed by atoms with Gasteiger partial charge in [-0.15, -0.1) is 0 Å². The van der Waals surface area contributed by atoms with Gasteiger partial charge in [-0.1, -0.05) is 12.1 Å². The molecule has 0 saturated heterocycles. The van der Waals surface area contributed by atoms with E-state index in [4.69, 9.17) is 4.84 Å². The average molecular weight is 273 g/mol. The van der Waals surface area contributed by atoms with Crippen LogP contribution in [0.25, 0.3) is 0 Å². The molecule has 62 valence electrons. The Morgan fingerprint density at radius 3 is 2.58 bits per heavy atom. The van der Waals surface area contributed by atoms with Gasteiger partial charge in [-0.2, -0.15) is 0 Å². The molecule has 0 bridgehead atoms. The number of hydroxylamine groups is 1. The number of hydrogen-bond acceptors (Lipinski definition) is 2. The van der Waals surface area contributed by atoms with E-state index in [9.17, 15) is 0 Å². The van der Waals surface area contributed by atoms with Crippen molar-refractivity contribution >= 4 is 22.6 Å². The van der Waals surface area contributed by atoms with Crippen LogP contribution in [0.4, 0.5) is 0 Å². The van der Waals surface area contributed by atoms with Gasteiger partial charge < -0.3 is 0 Å². The molecule has 0 aromatic heterocycles. The van der Waals surface area contributed by atoms with Crippen LogP contribution in [0.15, 0.2) is 36.5 Å². The summed E-state index contributed by atoms with van der Waals surface area (Å²) in [5, 5.41) is 0. The summed E-state index contributed by atoms with van der Waals surface area (Å²) in [6.07, 6.45) is 3.87. The van der Waals surface area contributed by atoms with Gasteiger partial charge in [0.15, 0.2) is 0 Å². The molecule has 0 amide bonds. The zero-order valence-corrected chi connectivity index (χ0v) is 8.49. The van der Waals surface area contributed by atoms with E-state index < -0.39 is 0 Å². The summed E-state index contributed by atoms with van der Waals surface area (Å²) in [5.74, 6) is 0. The lowest BCUT2D eigenvalue weighted by molar-refractivity contribution is 0.0470. The van der Waals surface area contributed by atoms with Gasteiger partial charge in [-0.25, -0.2) is 0 Å². The highest BCUT2D eigenvalue weighted by molar-refractivity contribution is 14.1. The van der Waals surface area contributed by atoms with Gasteiger partial charge in [0.2, 0.25) is 0 Å². The minimum atomic E-state index is 0.0713. The predicted molar refractivity (Wildman–Crippen MR) is 55.3 cm³/mol. The van der Waals surface area contributed by atoms with Crippen molar-refractivity contribution in [3.63, 3.8) is 0 Å². The molecular weight excluding hydrogens is 265 g/mol. The number of halogens is 1. The van der Waals surface area contributed by atoms with Crippen molar-refractivity contribution in [2.45, 2.75) is 6.10 Å². The summed E-state index contributed by atoms with van der Waals surface area (Å²) in [6.45, 7) is 0. The third-order valence-corrected chi connectivity index (χ3v) is 2.45. The number of benzene rings is 1. The molecular formula is C9H8INO. The molecule has 0 radical (unpaired) electrons. The largest absolute Gasteiger partial charge is 0.274 e. The van der Waals surface area contributed by atoms with Gasteiger partial charge in [0, 0.05) is 9.77 Å². The Balaban J connectivity index is 2.23. The maximum atomic E-state index is 5.22. The van der Waals surface area contributed by atoms with E-state index in [-0.39, 0.29) is 6.10 Å². The molecule has 0 spiro atoms. The molecule has 2 nitrogen and oxygen atoms in total. The molecule has 1 N–H and O–H groups in total. The van der Waals surface area contributed by atoms with Gasteiger partial charge in [0.05, 0.1) is 0 Å². The zero-order valence-electron chi connectivity index (χ0n) is 6.33. The fourth-order valence-electron chi connectivity index (χ4n) is 1.11. The fraction of sp³-hybridized carbons (Fsp3) is 0.111. The number of hydrogen-bond donors (Lipinski definition) is 1. The van der Waals surface area contributed by atoms with E-state index >= 15 is 0 Å². The Bertz CT molecular complexity index is 294. The van der Waals surface area contributed by atoms with E-state index in [1.807, 2.05) is 12.3 Å². The molecule has 12 heavy (non-hydrogen) atoms. The molecule has 1 aliphatic heterocycles. The summed E-state index contributed by atoms with van der Waals surface area (Å²) in [6, 6.07) is 8.30.